The fourth-order valence-corrected chi connectivity index (χ4v) is 4.59. The van der Waals surface area contributed by atoms with Crippen LogP contribution in [-0.4, -0.2) is 4.98 Å². The molecule has 1 nitrogen and oxygen atoms in total. The second-order valence-corrected chi connectivity index (χ2v) is 8.14. The van der Waals surface area contributed by atoms with Crippen molar-refractivity contribution >= 4 is 0 Å². The molecule has 22 heavy (non-hydrogen) atoms. The van der Waals surface area contributed by atoms with Crippen LogP contribution in [0.5, 0.6) is 0 Å². The van der Waals surface area contributed by atoms with Crippen LogP contribution in [0.4, 0.5) is 0 Å². The van der Waals surface area contributed by atoms with E-state index in [1.54, 1.807) is 17.0 Å². The van der Waals surface area contributed by atoms with Crippen LogP contribution < -0.4 is 0 Å². The molecular weight excluding hydrogens is 266 g/mol. The highest BCUT2D eigenvalue weighted by atomic mass is 14.8. The molecule has 0 atom stereocenters. The summed E-state index contributed by atoms with van der Waals surface area (Å²) >= 11 is 0. The Morgan fingerprint density at radius 1 is 0.727 bits per heavy atom. The molecule has 1 heterocycles. The third-order valence-electron chi connectivity index (χ3n) is 6.22. The predicted molar refractivity (Wildman–Crippen MR) is 95.6 cm³/mol. The molecule has 0 unspecified atom stereocenters. The molecular formula is C21H35N. The first-order valence-corrected chi connectivity index (χ1v) is 9.99. The number of fused-ring (bicyclic) bond motifs is 1. The van der Waals surface area contributed by atoms with Crippen LogP contribution in [0.1, 0.15) is 107 Å². The first-order valence-electron chi connectivity index (χ1n) is 9.99. The van der Waals surface area contributed by atoms with Gasteiger partial charge in [-0.15, -0.1) is 0 Å². The molecule has 0 spiro atoms. The number of aryl methyl sites for hydroxylation is 2. The molecule has 0 amide bonds. The number of aromatic amines is 1. The summed E-state index contributed by atoms with van der Waals surface area (Å²) in [6.45, 7) is 2.54. The Morgan fingerprint density at radius 2 is 1.27 bits per heavy atom. The molecule has 0 bridgehead atoms. The Hall–Kier alpha value is -0.720. The maximum absolute atomic E-state index is 3.86. The summed E-state index contributed by atoms with van der Waals surface area (Å²) in [6.07, 6.45) is 21.2. The standard InChI is InChI=1S/C21H35N/c1-21(20-17-18-13-9-10-14-19(18)22-20)15-11-7-5-3-2-4-6-8-12-16-21/h17,22H,2-16H2,1H3. The van der Waals surface area contributed by atoms with Crippen molar-refractivity contribution in [3.8, 4) is 0 Å². The number of rotatable bonds is 1. The molecule has 0 radical (unpaired) electrons. The second kappa shape index (κ2) is 7.70. The van der Waals surface area contributed by atoms with Crippen LogP contribution in [0.15, 0.2) is 6.07 Å². The Kier molecular flexibility index (Phi) is 5.66. The van der Waals surface area contributed by atoms with E-state index >= 15 is 0 Å². The lowest BCUT2D eigenvalue weighted by Crippen LogP contribution is -2.23. The van der Waals surface area contributed by atoms with Gasteiger partial charge in [-0.1, -0.05) is 64.7 Å². The van der Waals surface area contributed by atoms with Crippen LogP contribution in [0.25, 0.3) is 0 Å². The molecule has 3 rings (SSSR count). The van der Waals surface area contributed by atoms with Crippen molar-refractivity contribution in [2.24, 2.45) is 0 Å². The first kappa shape index (κ1) is 16.1. The van der Waals surface area contributed by atoms with Gasteiger partial charge in [0, 0.05) is 16.8 Å². The van der Waals surface area contributed by atoms with E-state index in [0.717, 1.165) is 0 Å². The van der Waals surface area contributed by atoms with Gasteiger partial charge in [0.15, 0.2) is 0 Å². The SMILES string of the molecule is CC1(c2cc3c([nH]2)CCCC3)CCCCCCCCCCC1. The second-order valence-electron chi connectivity index (χ2n) is 8.14. The summed E-state index contributed by atoms with van der Waals surface area (Å²) in [4.78, 5) is 3.86. The maximum atomic E-state index is 3.86. The Balaban J connectivity index is 1.72. The van der Waals surface area contributed by atoms with Gasteiger partial charge >= 0.3 is 0 Å². The summed E-state index contributed by atoms with van der Waals surface area (Å²) in [5.41, 5.74) is 5.16. The lowest BCUT2D eigenvalue weighted by Gasteiger charge is -2.29. The van der Waals surface area contributed by atoms with Gasteiger partial charge < -0.3 is 4.98 Å². The maximum Gasteiger partial charge on any atom is 0.0212 e. The van der Waals surface area contributed by atoms with Crippen molar-refractivity contribution < 1.29 is 0 Å². The molecule has 124 valence electrons. The third kappa shape index (κ3) is 3.97. The number of H-pyrrole nitrogens is 1. The summed E-state index contributed by atoms with van der Waals surface area (Å²) in [5.74, 6) is 0. The Morgan fingerprint density at radius 3 is 1.86 bits per heavy atom. The zero-order valence-corrected chi connectivity index (χ0v) is 14.7. The highest BCUT2D eigenvalue weighted by molar-refractivity contribution is 5.32. The highest BCUT2D eigenvalue weighted by Gasteiger charge is 2.29. The zero-order valence-electron chi connectivity index (χ0n) is 14.7. The van der Waals surface area contributed by atoms with E-state index in [2.05, 4.69) is 18.0 Å². The minimum atomic E-state index is 0.399. The van der Waals surface area contributed by atoms with E-state index in [-0.39, 0.29) is 0 Å². The van der Waals surface area contributed by atoms with Crippen molar-refractivity contribution in [3.05, 3.63) is 23.0 Å². The topological polar surface area (TPSA) is 15.8 Å². The highest BCUT2D eigenvalue weighted by Crippen LogP contribution is 2.37. The molecule has 0 aromatic carbocycles. The van der Waals surface area contributed by atoms with Crippen LogP contribution in [0, 0.1) is 0 Å². The molecule has 1 fully saturated rings. The van der Waals surface area contributed by atoms with Gasteiger partial charge in [0.1, 0.15) is 0 Å². The van der Waals surface area contributed by atoms with Gasteiger partial charge in [0.2, 0.25) is 0 Å². The van der Waals surface area contributed by atoms with Gasteiger partial charge in [-0.3, -0.25) is 0 Å². The number of hydrogen-bond donors (Lipinski definition) is 1. The van der Waals surface area contributed by atoms with E-state index in [0.29, 0.717) is 5.41 Å². The van der Waals surface area contributed by atoms with E-state index in [1.165, 1.54) is 96.3 Å². The van der Waals surface area contributed by atoms with Crippen molar-refractivity contribution in [1.82, 2.24) is 4.98 Å². The lowest BCUT2D eigenvalue weighted by atomic mass is 9.76. The molecule has 1 aromatic rings. The van der Waals surface area contributed by atoms with E-state index < -0.39 is 0 Å². The van der Waals surface area contributed by atoms with Crippen molar-refractivity contribution in [2.75, 3.05) is 0 Å². The van der Waals surface area contributed by atoms with Gasteiger partial charge in [0.25, 0.3) is 0 Å². The quantitative estimate of drug-likeness (QED) is 0.613. The number of hydrogen-bond acceptors (Lipinski definition) is 0. The van der Waals surface area contributed by atoms with Crippen molar-refractivity contribution in [3.63, 3.8) is 0 Å². The summed E-state index contributed by atoms with van der Waals surface area (Å²) < 4.78 is 0. The molecule has 2 aliphatic rings. The summed E-state index contributed by atoms with van der Waals surface area (Å²) in [5, 5.41) is 0. The fourth-order valence-electron chi connectivity index (χ4n) is 4.59. The largest absolute Gasteiger partial charge is 0.362 e. The molecule has 1 N–H and O–H groups in total. The average molecular weight is 302 g/mol. The first-order chi connectivity index (χ1) is 10.8. The van der Waals surface area contributed by atoms with Crippen LogP contribution in [0.3, 0.4) is 0 Å². The van der Waals surface area contributed by atoms with Crippen LogP contribution in [-0.2, 0) is 18.3 Å². The minimum Gasteiger partial charge on any atom is -0.362 e. The lowest BCUT2D eigenvalue weighted by molar-refractivity contribution is 0.349. The summed E-state index contributed by atoms with van der Waals surface area (Å²) in [7, 11) is 0. The van der Waals surface area contributed by atoms with Gasteiger partial charge in [-0.05, 0) is 50.2 Å². The van der Waals surface area contributed by atoms with Gasteiger partial charge in [-0.25, -0.2) is 0 Å². The normalized spacial score (nSPS) is 24.0. The fraction of sp³-hybridized carbons (Fsp3) is 0.810. The zero-order chi connectivity index (χ0) is 15.3. The van der Waals surface area contributed by atoms with E-state index in [1.807, 2.05) is 0 Å². The van der Waals surface area contributed by atoms with Gasteiger partial charge in [0.05, 0.1) is 0 Å². The molecule has 0 aliphatic heterocycles. The summed E-state index contributed by atoms with van der Waals surface area (Å²) in [6, 6.07) is 2.54. The van der Waals surface area contributed by atoms with Crippen molar-refractivity contribution in [2.45, 2.75) is 109 Å². The third-order valence-corrected chi connectivity index (χ3v) is 6.22. The van der Waals surface area contributed by atoms with E-state index in [4.69, 9.17) is 0 Å². The molecule has 1 saturated carbocycles. The Labute approximate surface area is 137 Å². The van der Waals surface area contributed by atoms with E-state index in [9.17, 15) is 0 Å². The van der Waals surface area contributed by atoms with Crippen LogP contribution in [0.2, 0.25) is 0 Å². The minimum absolute atomic E-state index is 0.399. The van der Waals surface area contributed by atoms with Gasteiger partial charge in [-0.2, -0.15) is 0 Å². The molecule has 2 aliphatic carbocycles. The smallest absolute Gasteiger partial charge is 0.0212 e. The monoisotopic (exact) mass is 301 g/mol. The molecule has 0 saturated heterocycles. The average Bonchev–Trinajstić information content (AvgIpc) is 2.96. The number of aromatic nitrogens is 1. The Bertz CT molecular complexity index is 421. The number of nitrogens with one attached hydrogen (secondary N) is 1. The molecule has 1 aromatic heterocycles. The predicted octanol–water partition coefficient (Wildman–Crippen LogP) is 6.46. The van der Waals surface area contributed by atoms with Crippen LogP contribution >= 0.6 is 0 Å². The van der Waals surface area contributed by atoms with Crippen molar-refractivity contribution in [1.29, 1.82) is 0 Å². The molecule has 1 heteroatoms.